The van der Waals surface area contributed by atoms with Gasteiger partial charge in [0.15, 0.2) is 17.5 Å². The van der Waals surface area contributed by atoms with Gasteiger partial charge in [-0.2, -0.15) is 10.2 Å². The van der Waals surface area contributed by atoms with Gasteiger partial charge in [0.1, 0.15) is 0 Å². The Labute approximate surface area is 182 Å². The number of nitrogens with zero attached hydrogens (tertiary/aromatic N) is 5. The summed E-state index contributed by atoms with van der Waals surface area (Å²) in [5.41, 5.74) is 4.12. The molecule has 3 aromatic rings. The van der Waals surface area contributed by atoms with Gasteiger partial charge in [0.25, 0.3) is 5.91 Å². The maximum Gasteiger partial charge on any atom is 0.258 e. The Hall–Kier alpha value is -3.10. The minimum atomic E-state index is -1.48. The van der Waals surface area contributed by atoms with Crippen LogP contribution in [0, 0.1) is 17.5 Å². The van der Waals surface area contributed by atoms with Gasteiger partial charge in [-0.1, -0.05) is 0 Å². The monoisotopic (exact) mass is 441 g/mol. The van der Waals surface area contributed by atoms with Crippen LogP contribution in [0.3, 0.4) is 0 Å². The first-order valence-electron chi connectivity index (χ1n) is 10.9. The Balaban J connectivity index is 1.41. The summed E-state index contributed by atoms with van der Waals surface area (Å²) in [6.07, 6.45) is 5.97. The van der Waals surface area contributed by atoms with E-state index in [2.05, 4.69) is 10.2 Å². The van der Waals surface area contributed by atoms with Crippen molar-refractivity contribution in [1.29, 1.82) is 0 Å². The molecule has 9 heteroatoms. The van der Waals surface area contributed by atoms with Crippen molar-refractivity contribution >= 4 is 5.91 Å². The second-order valence-corrected chi connectivity index (χ2v) is 9.09. The number of carbonyl (C=O) groups excluding carboxylic acids is 1. The van der Waals surface area contributed by atoms with E-state index in [0.717, 1.165) is 54.8 Å². The van der Waals surface area contributed by atoms with Crippen molar-refractivity contribution in [1.82, 2.24) is 24.5 Å². The zero-order chi connectivity index (χ0) is 22.3. The Morgan fingerprint density at radius 2 is 1.75 bits per heavy atom. The topological polar surface area (TPSA) is 56.0 Å². The van der Waals surface area contributed by atoms with E-state index < -0.39 is 17.5 Å². The molecular weight excluding hydrogens is 419 g/mol. The average molecular weight is 441 g/mol. The van der Waals surface area contributed by atoms with E-state index in [-0.39, 0.29) is 23.6 Å². The van der Waals surface area contributed by atoms with Crippen LogP contribution in [-0.2, 0) is 20.5 Å². The number of aromatic nitrogens is 4. The molecule has 0 N–H and O–H groups in total. The molecule has 0 radical (unpaired) electrons. The third-order valence-electron chi connectivity index (χ3n) is 7.11. The molecule has 0 unspecified atom stereocenters. The van der Waals surface area contributed by atoms with E-state index in [1.807, 2.05) is 11.9 Å². The maximum absolute atomic E-state index is 13.9. The number of rotatable bonds is 3. The molecule has 1 aliphatic carbocycles. The van der Waals surface area contributed by atoms with Gasteiger partial charge in [-0.3, -0.25) is 14.2 Å². The Morgan fingerprint density at radius 1 is 1.03 bits per heavy atom. The Kier molecular flexibility index (Phi) is 4.10. The van der Waals surface area contributed by atoms with E-state index in [4.69, 9.17) is 0 Å². The molecule has 6 nitrogen and oxygen atoms in total. The minimum absolute atomic E-state index is 0.0228. The van der Waals surface area contributed by atoms with Crippen molar-refractivity contribution in [3.63, 3.8) is 0 Å². The average Bonchev–Trinajstić information content (AvgIpc) is 3.31. The first-order chi connectivity index (χ1) is 15.3. The highest BCUT2D eigenvalue weighted by molar-refractivity contribution is 5.96. The second-order valence-electron chi connectivity index (χ2n) is 9.09. The number of fused-ring (bicyclic) bond motifs is 4. The van der Waals surface area contributed by atoms with E-state index in [0.29, 0.717) is 23.6 Å². The summed E-state index contributed by atoms with van der Waals surface area (Å²) in [7, 11) is 3.58. The van der Waals surface area contributed by atoms with Gasteiger partial charge in [0, 0.05) is 37.2 Å². The molecule has 2 fully saturated rings. The lowest BCUT2D eigenvalue weighted by Gasteiger charge is -2.34. The SMILES string of the molecule is Cn1nc2c(c1-c1cc(F)c(F)c(F)c1)C[C@@H]1CC[C@H]2N1C(=O)c1cnn(C)c1C1CC1. The van der Waals surface area contributed by atoms with Gasteiger partial charge in [0.05, 0.1) is 34.9 Å². The van der Waals surface area contributed by atoms with Gasteiger partial charge in [-0.15, -0.1) is 0 Å². The van der Waals surface area contributed by atoms with Crippen LogP contribution in [0.25, 0.3) is 11.3 Å². The van der Waals surface area contributed by atoms with Crippen molar-refractivity contribution in [2.24, 2.45) is 14.1 Å². The van der Waals surface area contributed by atoms with Crippen LogP contribution in [0.5, 0.6) is 0 Å². The summed E-state index contributed by atoms with van der Waals surface area (Å²) >= 11 is 0. The first kappa shape index (κ1) is 19.6. The van der Waals surface area contributed by atoms with Crippen LogP contribution in [-0.4, -0.2) is 36.4 Å². The van der Waals surface area contributed by atoms with Crippen LogP contribution < -0.4 is 0 Å². The lowest BCUT2D eigenvalue weighted by atomic mass is 9.94. The van der Waals surface area contributed by atoms with E-state index >= 15 is 0 Å². The molecule has 32 heavy (non-hydrogen) atoms. The largest absolute Gasteiger partial charge is 0.327 e. The number of hydrogen-bond donors (Lipinski definition) is 0. The van der Waals surface area contributed by atoms with Crippen LogP contribution >= 0.6 is 0 Å². The molecule has 3 aliphatic rings. The van der Waals surface area contributed by atoms with Gasteiger partial charge in [-0.05, 0) is 44.2 Å². The van der Waals surface area contributed by atoms with Crippen molar-refractivity contribution in [2.45, 2.75) is 50.1 Å². The number of halogens is 3. The normalized spacial score (nSPS) is 21.8. The third-order valence-corrected chi connectivity index (χ3v) is 7.11. The lowest BCUT2D eigenvalue weighted by Crippen LogP contribution is -2.42. The summed E-state index contributed by atoms with van der Waals surface area (Å²) in [5.74, 6) is -3.57. The minimum Gasteiger partial charge on any atom is -0.327 e. The van der Waals surface area contributed by atoms with Crippen LogP contribution in [0.4, 0.5) is 13.2 Å². The van der Waals surface area contributed by atoms with Crippen molar-refractivity contribution < 1.29 is 18.0 Å². The summed E-state index contributed by atoms with van der Waals surface area (Å²) < 4.78 is 44.7. The predicted molar refractivity (Wildman–Crippen MR) is 109 cm³/mol. The van der Waals surface area contributed by atoms with Crippen molar-refractivity contribution in [3.05, 3.63) is 58.3 Å². The summed E-state index contributed by atoms with van der Waals surface area (Å²) in [6.45, 7) is 0. The third kappa shape index (κ3) is 2.69. The zero-order valence-corrected chi connectivity index (χ0v) is 17.8. The molecule has 1 saturated heterocycles. The van der Waals surface area contributed by atoms with E-state index in [1.54, 1.807) is 22.6 Å². The van der Waals surface area contributed by atoms with Crippen molar-refractivity contribution in [3.8, 4) is 11.3 Å². The zero-order valence-electron chi connectivity index (χ0n) is 17.8. The molecule has 2 bridgehead atoms. The van der Waals surface area contributed by atoms with Crippen LogP contribution in [0.1, 0.15) is 65.0 Å². The maximum atomic E-state index is 13.9. The standard InChI is InChI=1S/C23H22F3N5O/c1-29-21(11-3-4-11)15(10-27-29)23(32)31-13-5-6-18(31)20-14(9-13)22(30(2)28-20)12-7-16(24)19(26)17(25)8-12/h7-8,10-11,13,18H,3-6,9H2,1-2H3/t13-,18+/m0/s1. The highest BCUT2D eigenvalue weighted by Crippen LogP contribution is 2.48. The summed E-state index contributed by atoms with van der Waals surface area (Å²) in [6, 6.07) is 1.79. The second kappa shape index (κ2) is 6.70. The van der Waals surface area contributed by atoms with E-state index in [9.17, 15) is 18.0 Å². The number of amides is 1. The summed E-state index contributed by atoms with van der Waals surface area (Å²) in [5, 5.41) is 8.99. The highest BCUT2D eigenvalue weighted by atomic mass is 19.2. The molecule has 6 rings (SSSR count). The van der Waals surface area contributed by atoms with Gasteiger partial charge in [-0.25, -0.2) is 13.2 Å². The molecule has 2 atom stereocenters. The Bertz CT molecular complexity index is 1250. The van der Waals surface area contributed by atoms with Gasteiger partial charge < -0.3 is 4.90 Å². The molecule has 2 aromatic heterocycles. The fourth-order valence-corrected chi connectivity index (χ4v) is 5.60. The fourth-order valence-electron chi connectivity index (χ4n) is 5.60. The van der Waals surface area contributed by atoms with Gasteiger partial charge in [0.2, 0.25) is 0 Å². The van der Waals surface area contributed by atoms with Crippen LogP contribution in [0.2, 0.25) is 0 Å². The van der Waals surface area contributed by atoms with Gasteiger partial charge >= 0.3 is 0 Å². The molecule has 1 aromatic carbocycles. The number of carbonyl (C=O) groups is 1. The summed E-state index contributed by atoms with van der Waals surface area (Å²) in [4.78, 5) is 15.5. The predicted octanol–water partition coefficient (Wildman–Crippen LogP) is 4.02. The van der Waals surface area contributed by atoms with E-state index in [1.165, 1.54) is 0 Å². The number of hydrogen-bond acceptors (Lipinski definition) is 3. The molecule has 4 heterocycles. The van der Waals surface area contributed by atoms with Crippen molar-refractivity contribution in [2.75, 3.05) is 0 Å². The molecular formula is C23H22F3N5O. The molecule has 1 amide bonds. The number of aryl methyl sites for hydroxylation is 2. The lowest BCUT2D eigenvalue weighted by molar-refractivity contribution is 0.0641. The number of benzene rings is 1. The smallest absolute Gasteiger partial charge is 0.258 e. The van der Waals surface area contributed by atoms with Crippen LogP contribution in [0.15, 0.2) is 18.3 Å². The highest BCUT2D eigenvalue weighted by Gasteiger charge is 2.47. The molecule has 2 aliphatic heterocycles. The molecule has 1 saturated carbocycles. The molecule has 0 spiro atoms. The fraction of sp³-hybridized carbons (Fsp3) is 0.435. The molecule has 166 valence electrons. The first-order valence-corrected chi connectivity index (χ1v) is 10.9. The quantitative estimate of drug-likeness (QED) is 0.577. The Morgan fingerprint density at radius 3 is 2.44 bits per heavy atom.